The van der Waals surface area contributed by atoms with Gasteiger partial charge < -0.3 is 13.6 Å². The third kappa shape index (κ3) is 3.49. The standard InChI is InChI=1S/C45H35NO2/c1-25(2)27-16-17-29(36(22-27)26-10-4-3-5-11-26)28-23-37-32-18-20-34-30-12-6-8-14-39(30)47-44(34)42(32)46-41(37)38(24-28)33-19-21-35-31-13-7-9-15-40(31)48-45(35)43(33)46/h3-6,8,10-12,14,16-25,31,40H,7,9,13,15H2,1-2H3. The monoisotopic (exact) mass is 621 g/mol. The minimum Gasteiger partial charge on any atom is -0.487 e. The summed E-state index contributed by atoms with van der Waals surface area (Å²) in [5, 5.41) is 7.32. The van der Waals surface area contributed by atoms with Gasteiger partial charge in [0.25, 0.3) is 0 Å². The first-order valence-electron chi connectivity index (χ1n) is 17.6. The summed E-state index contributed by atoms with van der Waals surface area (Å²) in [6, 6.07) is 40.5. The van der Waals surface area contributed by atoms with Gasteiger partial charge in [-0.15, -0.1) is 0 Å². The third-order valence-electron chi connectivity index (χ3n) is 11.5. The molecule has 2 unspecified atom stereocenters. The predicted octanol–water partition coefficient (Wildman–Crippen LogP) is 12.6. The highest BCUT2D eigenvalue weighted by molar-refractivity contribution is 6.29. The smallest absolute Gasteiger partial charge is 0.160 e. The normalized spacial score (nSPS) is 17.8. The lowest BCUT2D eigenvalue weighted by molar-refractivity contribution is 0.165. The number of ether oxygens (including phenoxy) is 1. The van der Waals surface area contributed by atoms with Crippen LogP contribution in [0, 0.1) is 0 Å². The molecule has 0 amide bonds. The van der Waals surface area contributed by atoms with Gasteiger partial charge in [0.2, 0.25) is 0 Å². The molecule has 1 aliphatic heterocycles. The Bertz CT molecular complexity index is 2750. The first-order valence-corrected chi connectivity index (χ1v) is 17.6. The predicted molar refractivity (Wildman–Crippen MR) is 199 cm³/mol. The molecule has 9 aromatic rings. The zero-order valence-corrected chi connectivity index (χ0v) is 27.2. The second-order valence-electron chi connectivity index (χ2n) is 14.4. The fourth-order valence-electron chi connectivity index (χ4n) is 9.21. The number of nitrogens with zero attached hydrogens (tertiary/aromatic N) is 1. The van der Waals surface area contributed by atoms with E-state index in [1.165, 1.54) is 85.2 Å². The zero-order chi connectivity index (χ0) is 31.7. The van der Waals surface area contributed by atoms with Crippen molar-refractivity contribution in [2.75, 3.05) is 0 Å². The van der Waals surface area contributed by atoms with Gasteiger partial charge in [0.15, 0.2) is 5.58 Å². The van der Waals surface area contributed by atoms with Gasteiger partial charge in [-0.2, -0.15) is 0 Å². The molecule has 0 saturated heterocycles. The SMILES string of the molecule is CC(C)c1ccc(-c2cc3c4ccc5c(c4n4c3c(c2)c2ccc3c6ccccc6oc3c24)OC2CCCCC52)c(-c2ccccc2)c1. The van der Waals surface area contributed by atoms with Gasteiger partial charge in [0.05, 0.1) is 16.6 Å². The van der Waals surface area contributed by atoms with Crippen molar-refractivity contribution in [1.82, 2.24) is 4.40 Å². The number of hydrogen-bond acceptors (Lipinski definition) is 2. The fourth-order valence-corrected chi connectivity index (χ4v) is 9.21. The van der Waals surface area contributed by atoms with Crippen molar-refractivity contribution in [1.29, 1.82) is 0 Å². The Morgan fingerprint density at radius 3 is 2.21 bits per heavy atom. The average molecular weight is 622 g/mol. The average Bonchev–Trinajstić information content (AvgIpc) is 3.87. The van der Waals surface area contributed by atoms with Crippen LogP contribution < -0.4 is 4.74 Å². The highest BCUT2D eigenvalue weighted by atomic mass is 16.5. The van der Waals surface area contributed by atoms with E-state index >= 15 is 0 Å². The number of para-hydroxylation sites is 1. The van der Waals surface area contributed by atoms with Crippen molar-refractivity contribution in [2.24, 2.45) is 0 Å². The molecule has 3 heteroatoms. The lowest BCUT2D eigenvalue weighted by Gasteiger charge is -2.23. The summed E-state index contributed by atoms with van der Waals surface area (Å²) < 4.78 is 16.2. The third-order valence-corrected chi connectivity index (χ3v) is 11.5. The van der Waals surface area contributed by atoms with Gasteiger partial charge in [-0.25, -0.2) is 0 Å². The Kier molecular flexibility index (Phi) is 5.37. The van der Waals surface area contributed by atoms with Crippen LogP contribution >= 0.6 is 0 Å². The van der Waals surface area contributed by atoms with E-state index in [-0.39, 0.29) is 6.10 Å². The molecule has 1 fully saturated rings. The van der Waals surface area contributed by atoms with Crippen LogP contribution in [0.5, 0.6) is 5.75 Å². The molecule has 2 aliphatic rings. The molecule has 11 rings (SSSR count). The van der Waals surface area contributed by atoms with Gasteiger partial charge >= 0.3 is 0 Å². The molecular weight excluding hydrogens is 587 g/mol. The summed E-state index contributed by atoms with van der Waals surface area (Å²) >= 11 is 0. The summed E-state index contributed by atoms with van der Waals surface area (Å²) in [5.41, 5.74) is 13.2. The van der Waals surface area contributed by atoms with Crippen molar-refractivity contribution >= 4 is 60.0 Å². The molecule has 6 aromatic carbocycles. The van der Waals surface area contributed by atoms with Gasteiger partial charge in [0.1, 0.15) is 17.4 Å². The van der Waals surface area contributed by atoms with E-state index < -0.39 is 0 Å². The van der Waals surface area contributed by atoms with E-state index in [1.54, 1.807) is 0 Å². The van der Waals surface area contributed by atoms with Crippen molar-refractivity contribution in [3.05, 3.63) is 120 Å². The molecule has 2 atom stereocenters. The fraction of sp³-hybridized carbons (Fsp3) is 0.200. The van der Waals surface area contributed by atoms with E-state index in [0.717, 1.165) is 39.6 Å². The van der Waals surface area contributed by atoms with Crippen molar-refractivity contribution in [3.63, 3.8) is 0 Å². The minimum atomic E-state index is 0.274. The summed E-state index contributed by atoms with van der Waals surface area (Å²) in [6.45, 7) is 4.55. The summed E-state index contributed by atoms with van der Waals surface area (Å²) in [7, 11) is 0. The van der Waals surface area contributed by atoms with Gasteiger partial charge in [-0.1, -0.05) is 105 Å². The van der Waals surface area contributed by atoms with E-state index in [4.69, 9.17) is 9.15 Å². The minimum absolute atomic E-state index is 0.274. The van der Waals surface area contributed by atoms with Crippen LogP contribution in [0.4, 0.5) is 0 Å². The molecule has 1 saturated carbocycles. The van der Waals surface area contributed by atoms with Crippen molar-refractivity contribution in [3.8, 4) is 28.0 Å². The van der Waals surface area contributed by atoms with E-state index in [2.05, 4.69) is 127 Å². The Morgan fingerprint density at radius 1 is 0.604 bits per heavy atom. The lowest BCUT2D eigenvalue weighted by Crippen LogP contribution is -2.22. The Balaban J connectivity index is 1.30. The summed E-state index contributed by atoms with van der Waals surface area (Å²) in [4.78, 5) is 0. The maximum atomic E-state index is 6.98. The molecular formula is C45H35NO2. The number of hydrogen-bond donors (Lipinski definition) is 0. The van der Waals surface area contributed by atoms with Crippen LogP contribution in [0.15, 0.2) is 114 Å². The number of benzene rings is 6. The lowest BCUT2D eigenvalue weighted by atomic mass is 9.83. The maximum Gasteiger partial charge on any atom is 0.160 e. The molecule has 0 radical (unpaired) electrons. The van der Waals surface area contributed by atoms with Crippen molar-refractivity contribution in [2.45, 2.75) is 57.5 Å². The van der Waals surface area contributed by atoms with E-state index in [1.807, 2.05) is 0 Å². The first-order chi connectivity index (χ1) is 23.6. The Labute approximate surface area is 278 Å². The van der Waals surface area contributed by atoms with E-state index in [9.17, 15) is 0 Å². The quantitative estimate of drug-likeness (QED) is 0.196. The molecule has 48 heavy (non-hydrogen) atoms. The maximum absolute atomic E-state index is 6.98. The number of rotatable bonds is 3. The van der Waals surface area contributed by atoms with Crippen LogP contribution in [0.2, 0.25) is 0 Å². The topological polar surface area (TPSA) is 26.8 Å². The highest BCUT2D eigenvalue weighted by Crippen LogP contribution is 2.53. The summed E-state index contributed by atoms with van der Waals surface area (Å²) in [5.74, 6) is 2.01. The van der Waals surface area contributed by atoms with Gasteiger partial charge in [0, 0.05) is 43.8 Å². The molecule has 3 nitrogen and oxygen atoms in total. The van der Waals surface area contributed by atoms with Crippen LogP contribution in [-0.4, -0.2) is 10.5 Å². The number of fused-ring (bicyclic) bond motifs is 14. The summed E-state index contributed by atoms with van der Waals surface area (Å²) in [6.07, 6.45) is 5.14. The van der Waals surface area contributed by atoms with Crippen LogP contribution in [-0.2, 0) is 0 Å². The molecule has 4 heterocycles. The molecule has 0 N–H and O–H groups in total. The second kappa shape index (κ2) is 9.64. The van der Waals surface area contributed by atoms with E-state index in [0.29, 0.717) is 11.8 Å². The van der Waals surface area contributed by atoms with Crippen LogP contribution in [0.25, 0.3) is 82.3 Å². The largest absolute Gasteiger partial charge is 0.487 e. The highest BCUT2D eigenvalue weighted by Gasteiger charge is 2.38. The number of aromatic nitrogens is 1. The number of furan rings is 1. The molecule has 232 valence electrons. The first kappa shape index (κ1) is 26.8. The molecule has 1 aliphatic carbocycles. The zero-order valence-electron chi connectivity index (χ0n) is 27.2. The van der Waals surface area contributed by atoms with Crippen molar-refractivity contribution < 1.29 is 9.15 Å². The second-order valence-corrected chi connectivity index (χ2v) is 14.4. The molecule has 3 aromatic heterocycles. The van der Waals surface area contributed by atoms with Gasteiger partial charge in [-0.3, -0.25) is 0 Å². The Hall–Kier alpha value is -5.28. The molecule has 0 spiro atoms. The van der Waals surface area contributed by atoms with Crippen LogP contribution in [0.3, 0.4) is 0 Å². The van der Waals surface area contributed by atoms with Gasteiger partial charge in [-0.05, 0) is 77.3 Å². The Morgan fingerprint density at radius 2 is 1.35 bits per heavy atom. The molecule has 0 bridgehead atoms. The van der Waals surface area contributed by atoms with Crippen LogP contribution in [0.1, 0.15) is 62.5 Å².